The van der Waals surface area contributed by atoms with Crippen molar-refractivity contribution < 1.29 is 4.74 Å². The lowest BCUT2D eigenvalue weighted by atomic mass is 10.3. The largest absolute Gasteiger partial charge is 0.484 e. The Hall–Kier alpha value is -1.17. The molecule has 0 radical (unpaired) electrons. The first-order valence-corrected chi connectivity index (χ1v) is 8.49. The number of nitrogens with zero attached hydrogens (tertiary/aromatic N) is 3. The number of benzene rings is 2. The Morgan fingerprint density at radius 1 is 0.833 bits per heavy atom. The predicted octanol–water partition coefficient (Wildman–Crippen LogP) is 6.11. The van der Waals surface area contributed by atoms with Gasteiger partial charge in [-0.05, 0) is 12.1 Å². The zero-order valence-electron chi connectivity index (χ0n) is 11.8. The molecule has 0 saturated carbocycles. The highest BCUT2D eigenvalue weighted by atomic mass is 35.5. The van der Waals surface area contributed by atoms with Gasteiger partial charge in [0.2, 0.25) is 0 Å². The highest BCUT2D eigenvalue weighted by Gasteiger charge is 2.20. The summed E-state index contributed by atoms with van der Waals surface area (Å²) in [6.07, 6.45) is 1.73. The Kier molecular flexibility index (Phi) is 5.42. The molecule has 2 aromatic carbocycles. The smallest absolute Gasteiger partial charge is 0.160 e. The maximum atomic E-state index is 6.12. The van der Waals surface area contributed by atoms with E-state index in [0.29, 0.717) is 5.69 Å². The van der Waals surface area contributed by atoms with E-state index in [1.165, 1.54) is 0 Å². The standard InChI is InChI=1S/C15H8Cl5N3O/c16-10-11(17)13(19)15(14(20)12(10)18)24-7-8-6-23(22-21-8)9-4-2-1-3-5-9/h1-6H,7H2. The van der Waals surface area contributed by atoms with Crippen LogP contribution in [0.5, 0.6) is 5.75 Å². The average molecular weight is 424 g/mol. The highest BCUT2D eigenvalue weighted by molar-refractivity contribution is 6.55. The molecule has 0 bridgehead atoms. The summed E-state index contributed by atoms with van der Waals surface area (Å²) in [7, 11) is 0. The summed E-state index contributed by atoms with van der Waals surface area (Å²) in [5.74, 6) is 0.145. The van der Waals surface area contributed by atoms with Gasteiger partial charge in [0, 0.05) is 0 Å². The van der Waals surface area contributed by atoms with Crippen LogP contribution in [0.15, 0.2) is 36.5 Å². The molecule has 0 spiro atoms. The topological polar surface area (TPSA) is 39.9 Å². The molecule has 0 atom stereocenters. The van der Waals surface area contributed by atoms with Crippen LogP contribution >= 0.6 is 58.0 Å². The molecule has 0 fully saturated rings. The van der Waals surface area contributed by atoms with Crippen molar-refractivity contribution in [3.8, 4) is 11.4 Å². The first kappa shape index (κ1) is 17.6. The Labute approximate surface area is 162 Å². The van der Waals surface area contributed by atoms with E-state index in [0.717, 1.165) is 5.69 Å². The number of hydrogen-bond acceptors (Lipinski definition) is 3. The van der Waals surface area contributed by atoms with Crippen LogP contribution in [0, 0.1) is 0 Å². The van der Waals surface area contributed by atoms with Gasteiger partial charge in [0.1, 0.15) is 22.3 Å². The van der Waals surface area contributed by atoms with E-state index < -0.39 is 0 Å². The quantitative estimate of drug-likeness (QED) is 0.375. The van der Waals surface area contributed by atoms with Crippen LogP contribution in [0.2, 0.25) is 25.1 Å². The van der Waals surface area contributed by atoms with Gasteiger partial charge in [-0.3, -0.25) is 0 Å². The molecule has 4 nitrogen and oxygen atoms in total. The van der Waals surface area contributed by atoms with Crippen molar-refractivity contribution in [2.75, 3.05) is 0 Å². The van der Waals surface area contributed by atoms with E-state index in [4.69, 9.17) is 62.7 Å². The van der Waals surface area contributed by atoms with Gasteiger partial charge in [-0.1, -0.05) is 81.4 Å². The highest BCUT2D eigenvalue weighted by Crippen LogP contribution is 2.48. The lowest BCUT2D eigenvalue weighted by Crippen LogP contribution is -1.98. The summed E-state index contributed by atoms with van der Waals surface area (Å²) in [4.78, 5) is 0. The first-order chi connectivity index (χ1) is 11.5. The minimum atomic E-state index is 0.0793. The lowest BCUT2D eigenvalue weighted by Gasteiger charge is -2.12. The molecule has 0 aliphatic rings. The van der Waals surface area contributed by atoms with Crippen LogP contribution in [0.25, 0.3) is 5.69 Å². The molecule has 9 heteroatoms. The number of para-hydroxylation sites is 1. The van der Waals surface area contributed by atoms with Crippen molar-refractivity contribution in [2.24, 2.45) is 0 Å². The van der Waals surface area contributed by atoms with Crippen molar-refractivity contribution in [3.05, 3.63) is 67.3 Å². The molecule has 1 aromatic heterocycles. The Balaban J connectivity index is 1.81. The van der Waals surface area contributed by atoms with Crippen molar-refractivity contribution in [1.82, 2.24) is 15.0 Å². The molecule has 1 heterocycles. The average Bonchev–Trinajstić information content (AvgIpc) is 3.08. The van der Waals surface area contributed by atoms with Crippen molar-refractivity contribution in [2.45, 2.75) is 6.61 Å². The molecule has 0 aliphatic heterocycles. The second kappa shape index (κ2) is 7.38. The molecule has 124 valence electrons. The molecule has 0 amide bonds. The molecule has 3 aromatic rings. The Bertz CT molecular complexity index is 853. The summed E-state index contributed by atoms with van der Waals surface area (Å²) < 4.78 is 7.24. The summed E-state index contributed by atoms with van der Waals surface area (Å²) >= 11 is 30.2. The number of aromatic nitrogens is 3. The second-order valence-electron chi connectivity index (χ2n) is 4.68. The number of ether oxygens (including phenoxy) is 1. The summed E-state index contributed by atoms with van der Waals surface area (Å²) in [5.41, 5.74) is 1.46. The Morgan fingerprint density at radius 3 is 2.04 bits per heavy atom. The molecule has 24 heavy (non-hydrogen) atoms. The van der Waals surface area contributed by atoms with Crippen molar-refractivity contribution >= 4 is 58.0 Å². The second-order valence-corrected chi connectivity index (χ2v) is 6.57. The van der Waals surface area contributed by atoms with Gasteiger partial charge >= 0.3 is 0 Å². The fraction of sp³-hybridized carbons (Fsp3) is 0.0667. The Morgan fingerprint density at radius 2 is 1.42 bits per heavy atom. The van der Waals surface area contributed by atoms with E-state index in [1.54, 1.807) is 10.9 Å². The van der Waals surface area contributed by atoms with Crippen LogP contribution in [-0.4, -0.2) is 15.0 Å². The van der Waals surface area contributed by atoms with Crippen molar-refractivity contribution in [1.29, 1.82) is 0 Å². The van der Waals surface area contributed by atoms with E-state index in [9.17, 15) is 0 Å². The summed E-state index contributed by atoms with van der Waals surface area (Å²) in [6, 6.07) is 9.55. The van der Waals surface area contributed by atoms with Crippen LogP contribution in [0.3, 0.4) is 0 Å². The third-order valence-electron chi connectivity index (χ3n) is 3.10. The molecule has 0 N–H and O–H groups in total. The molecule has 0 saturated heterocycles. The number of rotatable bonds is 4. The maximum Gasteiger partial charge on any atom is 0.160 e. The molecular formula is C15H8Cl5N3O. The molecule has 0 aliphatic carbocycles. The van der Waals surface area contributed by atoms with Gasteiger partial charge in [0.05, 0.1) is 27.0 Å². The number of hydrogen-bond donors (Lipinski definition) is 0. The summed E-state index contributed by atoms with van der Waals surface area (Å²) in [5, 5.41) is 8.50. The molecule has 0 unspecified atom stereocenters. The maximum absolute atomic E-state index is 6.12. The zero-order valence-corrected chi connectivity index (χ0v) is 15.6. The van der Waals surface area contributed by atoms with Crippen LogP contribution < -0.4 is 4.74 Å². The SMILES string of the molecule is Clc1c(Cl)c(Cl)c(OCc2cn(-c3ccccc3)nn2)c(Cl)c1Cl. The van der Waals surface area contributed by atoms with E-state index in [1.807, 2.05) is 30.3 Å². The van der Waals surface area contributed by atoms with Crippen LogP contribution in [-0.2, 0) is 6.61 Å². The van der Waals surface area contributed by atoms with Crippen LogP contribution in [0.1, 0.15) is 5.69 Å². The number of halogens is 5. The van der Waals surface area contributed by atoms with Gasteiger partial charge in [-0.15, -0.1) is 5.10 Å². The van der Waals surface area contributed by atoms with E-state index >= 15 is 0 Å². The lowest BCUT2D eigenvalue weighted by molar-refractivity contribution is 0.301. The monoisotopic (exact) mass is 421 g/mol. The predicted molar refractivity (Wildman–Crippen MR) is 97.2 cm³/mol. The van der Waals surface area contributed by atoms with E-state index in [2.05, 4.69) is 10.3 Å². The van der Waals surface area contributed by atoms with Crippen LogP contribution in [0.4, 0.5) is 0 Å². The molecule has 3 rings (SSSR count). The van der Waals surface area contributed by atoms with Gasteiger partial charge in [0.15, 0.2) is 5.75 Å². The van der Waals surface area contributed by atoms with Gasteiger partial charge in [-0.2, -0.15) is 0 Å². The van der Waals surface area contributed by atoms with Crippen molar-refractivity contribution in [3.63, 3.8) is 0 Å². The minimum Gasteiger partial charge on any atom is -0.484 e. The third-order valence-corrected chi connectivity index (χ3v) is 5.34. The van der Waals surface area contributed by atoms with Gasteiger partial charge < -0.3 is 4.74 Å². The fourth-order valence-electron chi connectivity index (χ4n) is 1.93. The summed E-state index contributed by atoms with van der Waals surface area (Å²) in [6.45, 7) is 0.0839. The molecular weight excluding hydrogens is 415 g/mol. The third kappa shape index (κ3) is 3.44. The van der Waals surface area contributed by atoms with Gasteiger partial charge in [0.25, 0.3) is 0 Å². The van der Waals surface area contributed by atoms with Gasteiger partial charge in [-0.25, -0.2) is 4.68 Å². The zero-order chi connectivity index (χ0) is 17.3. The minimum absolute atomic E-state index is 0.0793. The van der Waals surface area contributed by atoms with E-state index in [-0.39, 0.29) is 37.5 Å². The fourth-order valence-corrected chi connectivity index (χ4v) is 3.16. The first-order valence-electron chi connectivity index (χ1n) is 6.60. The normalized spacial score (nSPS) is 10.9.